The van der Waals surface area contributed by atoms with Crippen LogP contribution in [0.2, 0.25) is 0 Å². The first-order chi connectivity index (χ1) is 12.3. The zero-order valence-electron chi connectivity index (χ0n) is 14.0. The molecule has 128 valence electrons. The number of anilines is 1. The number of benzene rings is 2. The summed E-state index contributed by atoms with van der Waals surface area (Å²) in [5.74, 6) is 1.02. The molecule has 0 aliphatic heterocycles. The number of nitrogens with one attached hydrogen (secondary N) is 2. The lowest BCUT2D eigenvalue weighted by Gasteiger charge is -2.16. The summed E-state index contributed by atoms with van der Waals surface area (Å²) in [6.45, 7) is 2.05. The Morgan fingerprint density at radius 3 is 2.44 bits per heavy atom. The number of aryl methyl sites for hydroxylation is 1. The van der Waals surface area contributed by atoms with Gasteiger partial charge in [0.1, 0.15) is 6.04 Å². The zero-order chi connectivity index (χ0) is 17.5. The van der Waals surface area contributed by atoms with E-state index in [-0.39, 0.29) is 6.03 Å². The maximum atomic E-state index is 12.4. The lowest BCUT2D eigenvalue weighted by molar-refractivity contribution is 0.249. The van der Waals surface area contributed by atoms with Crippen molar-refractivity contribution in [2.75, 3.05) is 5.32 Å². The first kappa shape index (κ1) is 16.7. The fourth-order valence-corrected chi connectivity index (χ4v) is 2.46. The molecule has 0 fully saturated rings. The van der Waals surface area contributed by atoms with E-state index < -0.39 is 6.04 Å². The molecule has 6 nitrogen and oxygen atoms in total. The fraction of sp³-hybridized carbons (Fsp3) is 0.211. The average Bonchev–Trinajstić information content (AvgIpc) is 3.10. The van der Waals surface area contributed by atoms with Crippen molar-refractivity contribution in [2.45, 2.75) is 25.8 Å². The number of urea groups is 1. The largest absolute Gasteiger partial charge is 0.339 e. The van der Waals surface area contributed by atoms with Gasteiger partial charge in [-0.05, 0) is 24.1 Å². The summed E-state index contributed by atoms with van der Waals surface area (Å²) in [6.07, 6.45) is 1.63. The number of aromatic nitrogens is 2. The van der Waals surface area contributed by atoms with Gasteiger partial charge in [0.25, 0.3) is 0 Å². The third kappa shape index (κ3) is 4.44. The highest BCUT2D eigenvalue weighted by atomic mass is 16.5. The van der Waals surface area contributed by atoms with Crippen LogP contribution in [-0.4, -0.2) is 16.2 Å². The van der Waals surface area contributed by atoms with Crippen LogP contribution in [0.5, 0.6) is 0 Å². The van der Waals surface area contributed by atoms with Gasteiger partial charge in [-0.2, -0.15) is 4.98 Å². The van der Waals surface area contributed by atoms with Crippen molar-refractivity contribution in [3.05, 3.63) is 77.9 Å². The van der Waals surface area contributed by atoms with Crippen LogP contribution < -0.4 is 10.6 Å². The Labute approximate surface area is 146 Å². The summed E-state index contributed by atoms with van der Waals surface area (Å²) in [4.78, 5) is 16.8. The number of carbonyl (C=O) groups is 1. The molecule has 2 amide bonds. The van der Waals surface area contributed by atoms with Gasteiger partial charge in [0.2, 0.25) is 5.89 Å². The average molecular weight is 336 g/mol. The van der Waals surface area contributed by atoms with Crippen LogP contribution in [-0.2, 0) is 6.42 Å². The molecule has 0 spiro atoms. The number of nitrogens with zero attached hydrogens (tertiary/aromatic N) is 2. The second-order valence-corrected chi connectivity index (χ2v) is 5.60. The SMILES string of the molecule is CCCc1nc([C@H](NC(=O)Nc2ccccc2)c2ccccc2)no1. The van der Waals surface area contributed by atoms with Crippen molar-refractivity contribution in [1.29, 1.82) is 0 Å². The second-order valence-electron chi connectivity index (χ2n) is 5.60. The molecule has 6 heteroatoms. The zero-order valence-corrected chi connectivity index (χ0v) is 14.0. The molecule has 2 N–H and O–H groups in total. The van der Waals surface area contributed by atoms with Crippen molar-refractivity contribution >= 4 is 11.7 Å². The van der Waals surface area contributed by atoms with Crippen molar-refractivity contribution in [1.82, 2.24) is 15.5 Å². The molecule has 0 aliphatic carbocycles. The summed E-state index contributed by atoms with van der Waals surface area (Å²) in [5, 5.41) is 9.77. The third-order valence-corrected chi connectivity index (χ3v) is 3.65. The maximum Gasteiger partial charge on any atom is 0.320 e. The normalized spacial score (nSPS) is 11.7. The quantitative estimate of drug-likeness (QED) is 0.714. The van der Waals surface area contributed by atoms with E-state index in [0.717, 1.165) is 12.0 Å². The number of rotatable bonds is 6. The van der Waals surface area contributed by atoms with Crippen LogP contribution in [0.1, 0.15) is 36.7 Å². The van der Waals surface area contributed by atoms with Crippen molar-refractivity contribution in [3.63, 3.8) is 0 Å². The van der Waals surface area contributed by atoms with E-state index in [0.29, 0.717) is 23.8 Å². The van der Waals surface area contributed by atoms with Gasteiger partial charge in [0, 0.05) is 12.1 Å². The molecular weight excluding hydrogens is 316 g/mol. The van der Waals surface area contributed by atoms with Gasteiger partial charge in [-0.1, -0.05) is 60.6 Å². The molecule has 3 rings (SSSR count). The molecule has 1 atom stereocenters. The second kappa shape index (κ2) is 8.10. The Morgan fingerprint density at radius 1 is 1.08 bits per heavy atom. The highest BCUT2D eigenvalue weighted by molar-refractivity contribution is 5.89. The minimum atomic E-state index is -0.487. The van der Waals surface area contributed by atoms with E-state index in [2.05, 4.69) is 20.8 Å². The fourth-order valence-electron chi connectivity index (χ4n) is 2.46. The van der Waals surface area contributed by atoms with Gasteiger partial charge in [-0.3, -0.25) is 0 Å². The van der Waals surface area contributed by atoms with Gasteiger partial charge in [-0.25, -0.2) is 4.79 Å². The van der Waals surface area contributed by atoms with Crippen LogP contribution in [0.15, 0.2) is 65.2 Å². The number of amides is 2. The topological polar surface area (TPSA) is 80.0 Å². The van der Waals surface area contributed by atoms with Gasteiger partial charge >= 0.3 is 6.03 Å². The molecule has 0 radical (unpaired) electrons. The van der Waals surface area contributed by atoms with Crippen LogP contribution in [0, 0.1) is 0 Å². The molecule has 3 aromatic rings. The van der Waals surface area contributed by atoms with Crippen LogP contribution in [0.25, 0.3) is 0 Å². The Morgan fingerprint density at radius 2 is 1.76 bits per heavy atom. The molecule has 2 aromatic carbocycles. The number of carbonyl (C=O) groups excluding carboxylic acids is 1. The standard InChI is InChI=1S/C19H20N4O2/c1-2-9-16-21-18(23-25-16)17(14-10-5-3-6-11-14)22-19(24)20-15-12-7-4-8-13-15/h3-8,10-13,17H,2,9H2,1H3,(H2,20,22,24)/t17-/m1/s1. The first-order valence-corrected chi connectivity index (χ1v) is 8.26. The summed E-state index contributed by atoms with van der Waals surface area (Å²) in [7, 11) is 0. The minimum Gasteiger partial charge on any atom is -0.339 e. The predicted octanol–water partition coefficient (Wildman–Crippen LogP) is 3.93. The summed E-state index contributed by atoms with van der Waals surface area (Å²) >= 11 is 0. The van der Waals surface area contributed by atoms with Gasteiger partial charge in [0.05, 0.1) is 0 Å². The van der Waals surface area contributed by atoms with Crippen LogP contribution in [0.4, 0.5) is 10.5 Å². The Balaban J connectivity index is 1.80. The number of para-hydroxylation sites is 1. The highest BCUT2D eigenvalue weighted by Crippen LogP contribution is 2.20. The predicted molar refractivity (Wildman–Crippen MR) is 95.2 cm³/mol. The van der Waals surface area contributed by atoms with Crippen LogP contribution >= 0.6 is 0 Å². The number of hydrogen-bond acceptors (Lipinski definition) is 4. The first-order valence-electron chi connectivity index (χ1n) is 8.26. The van der Waals surface area contributed by atoms with E-state index in [1.807, 2.05) is 67.6 Å². The summed E-state index contributed by atoms with van der Waals surface area (Å²) in [6, 6.07) is 18.0. The maximum absolute atomic E-state index is 12.4. The number of hydrogen-bond donors (Lipinski definition) is 2. The smallest absolute Gasteiger partial charge is 0.320 e. The molecule has 0 saturated heterocycles. The minimum absolute atomic E-state index is 0.332. The van der Waals surface area contributed by atoms with Crippen molar-refractivity contribution < 1.29 is 9.32 Å². The molecule has 1 aromatic heterocycles. The summed E-state index contributed by atoms with van der Waals surface area (Å²) < 4.78 is 5.27. The van der Waals surface area contributed by atoms with E-state index in [1.54, 1.807) is 0 Å². The molecule has 0 aliphatic rings. The molecule has 0 saturated carbocycles. The third-order valence-electron chi connectivity index (χ3n) is 3.65. The lowest BCUT2D eigenvalue weighted by Crippen LogP contribution is -2.33. The molecule has 1 heterocycles. The Hall–Kier alpha value is -3.15. The molecular formula is C19H20N4O2. The van der Waals surface area contributed by atoms with Crippen LogP contribution in [0.3, 0.4) is 0 Å². The lowest BCUT2D eigenvalue weighted by atomic mass is 10.1. The van der Waals surface area contributed by atoms with Crippen molar-refractivity contribution in [3.8, 4) is 0 Å². The van der Waals surface area contributed by atoms with E-state index in [1.165, 1.54) is 0 Å². The molecule has 0 unspecified atom stereocenters. The van der Waals surface area contributed by atoms with E-state index >= 15 is 0 Å². The monoisotopic (exact) mass is 336 g/mol. The van der Waals surface area contributed by atoms with E-state index in [4.69, 9.17) is 4.52 Å². The van der Waals surface area contributed by atoms with E-state index in [9.17, 15) is 4.79 Å². The Bertz CT molecular complexity index is 803. The summed E-state index contributed by atoms with van der Waals surface area (Å²) in [5.41, 5.74) is 1.60. The van der Waals surface area contributed by atoms with Crippen molar-refractivity contribution in [2.24, 2.45) is 0 Å². The van der Waals surface area contributed by atoms with Gasteiger partial charge in [-0.15, -0.1) is 0 Å². The van der Waals surface area contributed by atoms with Gasteiger partial charge < -0.3 is 15.2 Å². The Kier molecular flexibility index (Phi) is 5.41. The molecule has 25 heavy (non-hydrogen) atoms. The van der Waals surface area contributed by atoms with Gasteiger partial charge in [0.15, 0.2) is 5.82 Å². The molecule has 0 bridgehead atoms. The highest BCUT2D eigenvalue weighted by Gasteiger charge is 2.22.